The molecular weight excluding hydrogens is 162 g/mol. The van der Waals surface area contributed by atoms with E-state index < -0.39 is 0 Å². The van der Waals surface area contributed by atoms with Gasteiger partial charge in [0.05, 0.1) is 0 Å². The quantitative estimate of drug-likeness (QED) is 0.654. The number of hydrogen-bond donors (Lipinski definition) is 0. The Kier molecular flexibility index (Phi) is 3.90. The van der Waals surface area contributed by atoms with Crippen molar-refractivity contribution in [2.75, 3.05) is 20.6 Å². The highest BCUT2D eigenvalue weighted by Gasteiger charge is 2.13. The van der Waals surface area contributed by atoms with Gasteiger partial charge in [0.15, 0.2) is 5.78 Å². The summed E-state index contributed by atoms with van der Waals surface area (Å²) in [6.45, 7) is 1.06. The Labute approximate surface area is 79.9 Å². The topological polar surface area (TPSA) is 20.3 Å². The largest absolute Gasteiger partial charge is 0.309 e. The monoisotopic (exact) mass is 179 g/mol. The van der Waals surface area contributed by atoms with Crippen molar-refractivity contribution in [3.05, 3.63) is 24.3 Å². The molecule has 13 heavy (non-hydrogen) atoms. The number of nitrogens with zero attached hydrogens (tertiary/aromatic N) is 1. The molecule has 72 valence electrons. The van der Waals surface area contributed by atoms with E-state index in [1.165, 1.54) is 0 Å². The second-order valence-corrected chi connectivity index (χ2v) is 3.70. The second kappa shape index (κ2) is 4.97. The van der Waals surface area contributed by atoms with Crippen LogP contribution in [0.2, 0.25) is 0 Å². The molecule has 0 saturated heterocycles. The van der Waals surface area contributed by atoms with Crippen LogP contribution in [0.25, 0.3) is 0 Å². The zero-order chi connectivity index (χ0) is 9.68. The molecule has 0 aromatic heterocycles. The Morgan fingerprint density at radius 1 is 1.38 bits per heavy atom. The average molecular weight is 179 g/mol. The lowest BCUT2D eigenvalue weighted by Gasteiger charge is -2.13. The van der Waals surface area contributed by atoms with Gasteiger partial charge in [-0.15, -0.1) is 0 Å². The molecule has 1 rings (SSSR count). The molecule has 0 heterocycles. The molecule has 1 atom stereocenters. The normalized spacial score (nSPS) is 21.5. The number of ketones is 1. The standard InChI is InChI=1S/C11H17NO/c1-12(2)9-5-7-10-6-3-4-8-11(10)13/h3-4,6,8,10H,5,7,9H2,1-2H3. The average Bonchev–Trinajstić information content (AvgIpc) is 2.08. The highest BCUT2D eigenvalue weighted by Crippen LogP contribution is 2.14. The summed E-state index contributed by atoms with van der Waals surface area (Å²) >= 11 is 0. The smallest absolute Gasteiger partial charge is 0.162 e. The highest BCUT2D eigenvalue weighted by atomic mass is 16.1. The minimum atomic E-state index is 0.130. The lowest BCUT2D eigenvalue weighted by molar-refractivity contribution is -0.117. The SMILES string of the molecule is CN(C)CCCC1C=CC=CC1=O. The molecule has 0 bridgehead atoms. The lowest BCUT2D eigenvalue weighted by Crippen LogP contribution is -2.17. The third-order valence-electron chi connectivity index (χ3n) is 2.20. The fraction of sp³-hybridized carbons (Fsp3) is 0.545. The van der Waals surface area contributed by atoms with Crippen LogP contribution in [0.15, 0.2) is 24.3 Å². The summed E-state index contributed by atoms with van der Waals surface area (Å²) in [4.78, 5) is 13.5. The molecule has 0 aliphatic heterocycles. The number of carbonyl (C=O) groups is 1. The Morgan fingerprint density at radius 2 is 2.15 bits per heavy atom. The van der Waals surface area contributed by atoms with Gasteiger partial charge in [-0.1, -0.05) is 18.2 Å². The van der Waals surface area contributed by atoms with Crippen LogP contribution in [-0.4, -0.2) is 31.3 Å². The van der Waals surface area contributed by atoms with E-state index in [0.717, 1.165) is 19.4 Å². The minimum Gasteiger partial charge on any atom is -0.309 e. The van der Waals surface area contributed by atoms with Crippen LogP contribution >= 0.6 is 0 Å². The van der Waals surface area contributed by atoms with Gasteiger partial charge in [-0.25, -0.2) is 0 Å². The molecule has 1 aliphatic rings. The van der Waals surface area contributed by atoms with Gasteiger partial charge in [-0.05, 0) is 39.6 Å². The van der Waals surface area contributed by atoms with E-state index in [0.29, 0.717) is 0 Å². The van der Waals surface area contributed by atoms with Crippen molar-refractivity contribution < 1.29 is 4.79 Å². The van der Waals surface area contributed by atoms with Crippen LogP contribution in [-0.2, 0) is 4.79 Å². The van der Waals surface area contributed by atoms with Gasteiger partial charge in [0.25, 0.3) is 0 Å². The van der Waals surface area contributed by atoms with Crippen molar-refractivity contribution >= 4 is 5.78 Å². The van der Waals surface area contributed by atoms with Crippen molar-refractivity contribution in [3.8, 4) is 0 Å². The second-order valence-electron chi connectivity index (χ2n) is 3.70. The van der Waals surface area contributed by atoms with Crippen LogP contribution in [0, 0.1) is 5.92 Å². The number of carbonyl (C=O) groups excluding carboxylic acids is 1. The summed E-state index contributed by atoms with van der Waals surface area (Å²) in [6.07, 6.45) is 9.49. The molecule has 2 nitrogen and oxygen atoms in total. The van der Waals surface area contributed by atoms with E-state index in [-0.39, 0.29) is 11.7 Å². The molecule has 0 spiro atoms. The van der Waals surface area contributed by atoms with Crippen molar-refractivity contribution in [3.63, 3.8) is 0 Å². The van der Waals surface area contributed by atoms with Crippen molar-refractivity contribution in [2.45, 2.75) is 12.8 Å². The van der Waals surface area contributed by atoms with Crippen molar-refractivity contribution in [1.29, 1.82) is 0 Å². The third kappa shape index (κ3) is 3.55. The summed E-state index contributed by atoms with van der Waals surface area (Å²) in [6, 6.07) is 0. The maximum Gasteiger partial charge on any atom is 0.162 e. The lowest BCUT2D eigenvalue weighted by atomic mass is 9.94. The first kappa shape index (κ1) is 10.2. The van der Waals surface area contributed by atoms with Gasteiger partial charge in [0.2, 0.25) is 0 Å². The first-order valence-corrected chi connectivity index (χ1v) is 4.73. The van der Waals surface area contributed by atoms with E-state index in [2.05, 4.69) is 19.0 Å². The molecular formula is C11H17NO. The van der Waals surface area contributed by atoms with Gasteiger partial charge < -0.3 is 4.90 Å². The minimum absolute atomic E-state index is 0.130. The molecule has 0 saturated carbocycles. The summed E-state index contributed by atoms with van der Waals surface area (Å²) < 4.78 is 0. The predicted octanol–water partition coefficient (Wildman–Crippen LogP) is 1.64. The first-order valence-electron chi connectivity index (χ1n) is 4.73. The molecule has 0 aromatic carbocycles. The van der Waals surface area contributed by atoms with Crippen molar-refractivity contribution in [2.24, 2.45) is 5.92 Å². The first-order chi connectivity index (χ1) is 6.20. The molecule has 0 aromatic rings. The summed E-state index contributed by atoms with van der Waals surface area (Å²) in [5, 5.41) is 0. The highest BCUT2D eigenvalue weighted by molar-refractivity contribution is 5.94. The fourth-order valence-electron chi connectivity index (χ4n) is 1.43. The number of hydrogen-bond acceptors (Lipinski definition) is 2. The van der Waals surface area contributed by atoms with E-state index >= 15 is 0 Å². The molecule has 0 fully saturated rings. The molecule has 0 N–H and O–H groups in total. The van der Waals surface area contributed by atoms with Crippen LogP contribution in [0.1, 0.15) is 12.8 Å². The van der Waals surface area contributed by atoms with Crippen LogP contribution in [0.4, 0.5) is 0 Å². The zero-order valence-corrected chi connectivity index (χ0v) is 8.36. The van der Waals surface area contributed by atoms with E-state index in [1.807, 2.05) is 18.2 Å². The van der Waals surface area contributed by atoms with Gasteiger partial charge in [0.1, 0.15) is 0 Å². The van der Waals surface area contributed by atoms with Crippen LogP contribution in [0.3, 0.4) is 0 Å². The van der Waals surface area contributed by atoms with E-state index in [1.54, 1.807) is 6.08 Å². The van der Waals surface area contributed by atoms with Gasteiger partial charge >= 0.3 is 0 Å². The summed E-state index contributed by atoms with van der Waals surface area (Å²) in [5.74, 6) is 0.381. The summed E-state index contributed by atoms with van der Waals surface area (Å²) in [5.41, 5.74) is 0. The number of rotatable bonds is 4. The Hall–Kier alpha value is -0.890. The molecule has 1 aliphatic carbocycles. The molecule has 1 unspecified atom stereocenters. The predicted molar refractivity (Wildman–Crippen MR) is 54.6 cm³/mol. The zero-order valence-electron chi connectivity index (χ0n) is 8.36. The third-order valence-corrected chi connectivity index (χ3v) is 2.20. The maximum atomic E-state index is 11.3. The van der Waals surface area contributed by atoms with Crippen LogP contribution in [0.5, 0.6) is 0 Å². The Bertz CT molecular complexity index is 228. The Balaban J connectivity index is 2.25. The fourth-order valence-corrected chi connectivity index (χ4v) is 1.43. The van der Waals surface area contributed by atoms with E-state index in [4.69, 9.17) is 0 Å². The van der Waals surface area contributed by atoms with E-state index in [9.17, 15) is 4.79 Å². The molecule has 2 heteroatoms. The molecule has 0 amide bonds. The van der Waals surface area contributed by atoms with Gasteiger partial charge in [-0.2, -0.15) is 0 Å². The van der Waals surface area contributed by atoms with Crippen molar-refractivity contribution in [1.82, 2.24) is 4.90 Å². The summed E-state index contributed by atoms with van der Waals surface area (Å²) in [7, 11) is 4.11. The van der Waals surface area contributed by atoms with Gasteiger partial charge in [-0.3, -0.25) is 4.79 Å². The molecule has 0 radical (unpaired) electrons. The van der Waals surface area contributed by atoms with Crippen LogP contribution < -0.4 is 0 Å². The maximum absolute atomic E-state index is 11.3. The van der Waals surface area contributed by atoms with Gasteiger partial charge in [0, 0.05) is 5.92 Å². The Morgan fingerprint density at radius 3 is 2.77 bits per heavy atom. The number of allylic oxidation sites excluding steroid dienone is 4.